The smallest absolute Gasteiger partial charge is 0.261 e. The second kappa shape index (κ2) is 12.3. The molecule has 0 radical (unpaired) electrons. The number of hydrogen-bond acceptors (Lipinski definition) is 5. The average molecular weight is 720 g/mol. The first kappa shape index (κ1) is 29.3. The SMILES string of the molecule is C#CC[C@]1(CO[Si](c2ccccc2)(c2ccccc2)C(C)(C)C)O[CH-][C@H](OC(C)=S)[C@@H]1OC.[U]. The number of terminal acetylenes is 1. The van der Waals surface area contributed by atoms with Crippen LogP contribution in [0.25, 0.3) is 0 Å². The van der Waals surface area contributed by atoms with Crippen LogP contribution in [0.15, 0.2) is 60.7 Å². The summed E-state index contributed by atoms with van der Waals surface area (Å²) in [5, 5.41) is 2.64. The van der Waals surface area contributed by atoms with Crippen LogP contribution in [-0.2, 0) is 18.6 Å². The molecule has 0 N–H and O–H groups in total. The third-order valence-corrected chi connectivity index (χ3v) is 11.2. The largest absolute Gasteiger partial charge is 0.540 e. The van der Waals surface area contributed by atoms with Crippen molar-refractivity contribution in [1.82, 2.24) is 0 Å². The van der Waals surface area contributed by atoms with E-state index in [1.54, 1.807) is 20.6 Å². The van der Waals surface area contributed by atoms with E-state index in [2.05, 4.69) is 75.2 Å². The summed E-state index contributed by atoms with van der Waals surface area (Å²) in [5.74, 6) is 2.77. The molecule has 7 heteroatoms. The van der Waals surface area contributed by atoms with Crippen molar-refractivity contribution in [3.8, 4) is 12.3 Å². The van der Waals surface area contributed by atoms with Crippen molar-refractivity contribution in [3.05, 3.63) is 67.3 Å². The summed E-state index contributed by atoms with van der Waals surface area (Å²) >= 11 is 5.16. The van der Waals surface area contributed by atoms with Gasteiger partial charge < -0.3 is 18.6 Å². The number of rotatable bonds is 8. The van der Waals surface area contributed by atoms with E-state index in [-0.39, 0.29) is 42.8 Å². The maximum atomic E-state index is 7.12. The molecule has 0 saturated carbocycles. The number of thiocarbonyl (C=S) groups is 1. The van der Waals surface area contributed by atoms with Crippen LogP contribution in [0.2, 0.25) is 5.04 Å². The molecule has 1 saturated heterocycles. The fourth-order valence-electron chi connectivity index (χ4n) is 4.74. The van der Waals surface area contributed by atoms with Gasteiger partial charge in [0.1, 0.15) is 0 Å². The van der Waals surface area contributed by atoms with E-state index in [0.29, 0.717) is 11.5 Å². The summed E-state index contributed by atoms with van der Waals surface area (Å²) in [7, 11) is -1.14. The molecule has 0 aromatic heterocycles. The molecule has 1 aliphatic heterocycles. The summed E-state index contributed by atoms with van der Waals surface area (Å²) in [6.45, 7) is 10.3. The van der Waals surface area contributed by atoms with Crippen LogP contribution in [0.1, 0.15) is 34.1 Å². The fourth-order valence-corrected chi connectivity index (χ4v) is 9.47. The molecule has 2 aromatic carbocycles. The predicted octanol–water partition coefficient (Wildman–Crippen LogP) is 4.26. The topological polar surface area (TPSA) is 36.9 Å². The first-order valence-electron chi connectivity index (χ1n) is 11.1. The molecule has 1 aliphatic rings. The zero-order valence-electron chi connectivity index (χ0n) is 20.5. The van der Waals surface area contributed by atoms with E-state index >= 15 is 0 Å². The van der Waals surface area contributed by atoms with Gasteiger partial charge in [-0.2, -0.15) is 6.61 Å². The summed E-state index contributed by atoms with van der Waals surface area (Å²) in [6, 6.07) is 21.0. The van der Waals surface area contributed by atoms with Crippen molar-refractivity contribution in [2.24, 2.45) is 0 Å². The molecule has 0 spiro atoms. The second-order valence-corrected chi connectivity index (χ2v) is 14.3. The Balaban J connectivity index is 0.00000408. The van der Waals surface area contributed by atoms with Gasteiger partial charge in [-0.3, -0.25) is 0 Å². The Labute approximate surface area is 234 Å². The van der Waals surface area contributed by atoms with Crippen molar-refractivity contribution in [3.63, 3.8) is 0 Å². The van der Waals surface area contributed by atoms with Gasteiger partial charge in [0.15, 0.2) is 5.05 Å². The van der Waals surface area contributed by atoms with E-state index < -0.39 is 26.1 Å². The van der Waals surface area contributed by atoms with Crippen LogP contribution in [0.3, 0.4) is 0 Å². The normalized spacial score (nSPS) is 22.5. The maximum absolute atomic E-state index is 7.12. The van der Waals surface area contributed by atoms with Gasteiger partial charge in [-0.25, -0.2) is 0 Å². The molecule has 2 aromatic rings. The number of methoxy groups -OCH3 is 1. The number of hydrogen-bond donors (Lipinski definition) is 0. The maximum Gasteiger partial charge on any atom is 0.261 e. The van der Waals surface area contributed by atoms with Crippen molar-refractivity contribution in [2.75, 3.05) is 13.7 Å². The van der Waals surface area contributed by atoms with Crippen molar-refractivity contribution in [2.45, 2.75) is 57.0 Å². The molecule has 3 atom stereocenters. The Hall–Kier alpha value is -0.961. The first-order valence-corrected chi connectivity index (χ1v) is 13.4. The van der Waals surface area contributed by atoms with Gasteiger partial charge in [-0.1, -0.05) is 81.4 Å². The summed E-state index contributed by atoms with van der Waals surface area (Å²) in [4.78, 5) is 0. The second-order valence-electron chi connectivity index (χ2n) is 9.38. The Kier molecular flexibility index (Phi) is 10.6. The molecule has 0 unspecified atom stereocenters. The summed E-state index contributed by atoms with van der Waals surface area (Å²) in [5.41, 5.74) is -0.883. The van der Waals surface area contributed by atoms with Crippen LogP contribution < -0.4 is 10.4 Å². The van der Waals surface area contributed by atoms with Crippen LogP contribution in [0.4, 0.5) is 0 Å². The van der Waals surface area contributed by atoms with Gasteiger partial charge in [0.05, 0.1) is 18.3 Å². The third-order valence-electron chi connectivity index (χ3n) is 6.16. The Morgan fingerprint density at radius 1 is 1.12 bits per heavy atom. The van der Waals surface area contributed by atoms with Gasteiger partial charge in [-0.05, 0) is 27.6 Å². The van der Waals surface area contributed by atoms with Crippen LogP contribution in [0, 0.1) is 50.1 Å². The first-order chi connectivity index (χ1) is 15.7. The molecular weight excluding hydrogens is 686 g/mol. The molecular formula is C27H33O4SSiU-. The minimum absolute atomic E-state index is 0. The number of benzene rings is 2. The Morgan fingerprint density at radius 3 is 2.06 bits per heavy atom. The molecule has 0 bridgehead atoms. The zero-order valence-corrected chi connectivity index (χ0v) is 26.5. The van der Waals surface area contributed by atoms with Crippen LogP contribution in [0.5, 0.6) is 0 Å². The third kappa shape index (κ3) is 5.88. The van der Waals surface area contributed by atoms with E-state index in [1.165, 1.54) is 10.4 Å². The van der Waals surface area contributed by atoms with Gasteiger partial charge in [-0.15, -0.1) is 12.3 Å². The quantitative estimate of drug-likeness (QED) is 0.177. The molecule has 0 aliphatic carbocycles. The van der Waals surface area contributed by atoms with Gasteiger partial charge in [0.25, 0.3) is 8.32 Å². The summed E-state index contributed by atoms with van der Waals surface area (Å²) < 4.78 is 25.0. The van der Waals surface area contributed by atoms with Crippen molar-refractivity contribution in [1.29, 1.82) is 0 Å². The minimum Gasteiger partial charge on any atom is -0.540 e. The van der Waals surface area contributed by atoms with Crippen LogP contribution in [-0.4, -0.2) is 44.9 Å². The van der Waals surface area contributed by atoms with Crippen LogP contribution >= 0.6 is 12.2 Å². The summed E-state index contributed by atoms with van der Waals surface area (Å²) in [6.07, 6.45) is 5.20. The molecule has 0 amide bonds. The minimum atomic E-state index is -2.77. The molecule has 1 fully saturated rings. The average Bonchev–Trinajstić information content (AvgIpc) is 3.11. The predicted molar refractivity (Wildman–Crippen MR) is 139 cm³/mol. The monoisotopic (exact) mass is 719 g/mol. The van der Waals surface area contributed by atoms with Crippen molar-refractivity contribution >= 4 is 36.0 Å². The van der Waals surface area contributed by atoms with Gasteiger partial charge in [0, 0.05) is 57.7 Å². The standard InChI is InChI=1S/C27H33O4SSi.U/c1-7-18-27(25(28-6)24(19-29-27)31-21(2)32)20-30-33(26(3,4)5,22-14-10-8-11-15-22)23-16-12-9-13-17-23;/h1,8-17,19,24-25H,18,20H2,2-6H3;/q-1;/t24-,25-,27+;/m0./s1. The molecule has 34 heavy (non-hydrogen) atoms. The Morgan fingerprint density at radius 2 is 1.65 bits per heavy atom. The number of ether oxygens (including phenoxy) is 3. The van der Waals surface area contributed by atoms with E-state index in [0.717, 1.165) is 0 Å². The molecule has 180 valence electrons. The fraction of sp³-hybridized carbons (Fsp3) is 0.407. The molecule has 3 rings (SSSR count). The zero-order chi connectivity index (χ0) is 24.1. The van der Waals surface area contributed by atoms with E-state index in [4.69, 9.17) is 37.3 Å². The van der Waals surface area contributed by atoms with Gasteiger partial charge in [0.2, 0.25) is 0 Å². The van der Waals surface area contributed by atoms with E-state index in [1.807, 2.05) is 12.1 Å². The van der Waals surface area contributed by atoms with Crippen molar-refractivity contribution < 1.29 is 49.7 Å². The molecule has 4 nitrogen and oxygen atoms in total. The molecule has 1 heterocycles. The van der Waals surface area contributed by atoms with E-state index in [9.17, 15) is 0 Å². The van der Waals surface area contributed by atoms with Gasteiger partial charge >= 0.3 is 0 Å². The Bertz CT molecular complexity index is 934.